The maximum atomic E-state index is 12.0. The van der Waals surface area contributed by atoms with E-state index in [-0.39, 0.29) is 24.1 Å². The van der Waals surface area contributed by atoms with E-state index in [1.165, 1.54) is 103 Å². The summed E-state index contributed by atoms with van der Waals surface area (Å²) in [5, 5.41) is 31.5. The second-order valence-electron chi connectivity index (χ2n) is 13.6. The van der Waals surface area contributed by atoms with Gasteiger partial charge in [0.2, 0.25) is 0 Å². The van der Waals surface area contributed by atoms with Crippen molar-refractivity contribution in [2.75, 3.05) is 26.2 Å². The summed E-state index contributed by atoms with van der Waals surface area (Å²) in [6, 6.07) is 0. The zero-order chi connectivity index (χ0) is 33.8. The SMILES string of the molecule is CCCCCCCCCCCCCCCCCCC/C=C/CC[N+](CC(CC)C(=O)[O-])(CC(CC)C(=O)O)CC(CC)C(=O)O. The Bertz CT molecular complexity index is 722. The molecule has 0 amide bonds. The summed E-state index contributed by atoms with van der Waals surface area (Å²) < 4.78 is 0.172. The third-order valence-electron chi connectivity index (χ3n) is 9.74. The predicted molar refractivity (Wildman–Crippen MR) is 184 cm³/mol. The van der Waals surface area contributed by atoms with Crippen molar-refractivity contribution in [3.05, 3.63) is 12.2 Å². The third-order valence-corrected chi connectivity index (χ3v) is 9.74. The highest BCUT2D eigenvalue weighted by molar-refractivity contribution is 5.70. The van der Waals surface area contributed by atoms with Crippen molar-refractivity contribution in [2.45, 2.75) is 169 Å². The van der Waals surface area contributed by atoms with Crippen LogP contribution in [-0.2, 0) is 14.4 Å². The average Bonchev–Trinajstić information content (AvgIpc) is 3.01. The van der Waals surface area contributed by atoms with Gasteiger partial charge in [-0.1, -0.05) is 143 Å². The van der Waals surface area contributed by atoms with Gasteiger partial charge in [0, 0.05) is 12.3 Å². The number of nitrogens with zero attached hydrogens (tertiary/aromatic N) is 1. The van der Waals surface area contributed by atoms with Gasteiger partial charge in [0.05, 0.1) is 32.1 Å². The molecule has 0 aromatic carbocycles. The van der Waals surface area contributed by atoms with E-state index in [1.807, 2.05) is 13.8 Å². The molecule has 3 unspecified atom stereocenters. The lowest BCUT2D eigenvalue weighted by Crippen LogP contribution is -2.59. The molecule has 3 atom stereocenters. The Balaban J connectivity index is 4.56. The minimum atomic E-state index is -1.15. The van der Waals surface area contributed by atoms with Crippen LogP contribution >= 0.6 is 0 Å². The summed E-state index contributed by atoms with van der Waals surface area (Å²) in [6.45, 7) is 8.87. The quantitative estimate of drug-likeness (QED) is 0.0422. The molecule has 7 nitrogen and oxygen atoms in total. The molecule has 0 aliphatic carbocycles. The van der Waals surface area contributed by atoms with Crippen LogP contribution in [0.5, 0.6) is 0 Å². The second kappa shape index (κ2) is 28.3. The number of quaternary nitrogens is 1. The minimum absolute atomic E-state index is 0.172. The van der Waals surface area contributed by atoms with Crippen LogP contribution < -0.4 is 5.11 Å². The van der Waals surface area contributed by atoms with Gasteiger partial charge in [-0.3, -0.25) is 9.59 Å². The highest BCUT2D eigenvalue weighted by Gasteiger charge is 2.39. The Morgan fingerprint density at radius 1 is 0.533 bits per heavy atom. The number of carboxylic acids is 3. The van der Waals surface area contributed by atoms with E-state index in [9.17, 15) is 29.7 Å². The van der Waals surface area contributed by atoms with Crippen molar-refractivity contribution in [2.24, 2.45) is 17.8 Å². The van der Waals surface area contributed by atoms with Gasteiger partial charge in [-0.05, 0) is 32.1 Å². The molecule has 0 heterocycles. The van der Waals surface area contributed by atoms with Gasteiger partial charge in [0.15, 0.2) is 0 Å². The zero-order valence-electron chi connectivity index (χ0n) is 29.7. The Morgan fingerprint density at radius 3 is 1.20 bits per heavy atom. The summed E-state index contributed by atoms with van der Waals surface area (Å²) in [5.74, 6) is -5.05. The predicted octanol–water partition coefficient (Wildman–Crippen LogP) is 8.79. The van der Waals surface area contributed by atoms with E-state index < -0.39 is 35.7 Å². The molecule has 45 heavy (non-hydrogen) atoms. The van der Waals surface area contributed by atoms with Gasteiger partial charge >= 0.3 is 11.9 Å². The number of carboxylic acid groups (broad SMARTS) is 3. The number of aliphatic carboxylic acids is 3. The first-order valence-electron chi connectivity index (χ1n) is 18.8. The number of allylic oxidation sites excluding steroid dienone is 1. The molecule has 0 aromatic heterocycles. The van der Waals surface area contributed by atoms with Crippen molar-refractivity contribution in [1.29, 1.82) is 0 Å². The van der Waals surface area contributed by atoms with Crippen LogP contribution in [0.3, 0.4) is 0 Å². The van der Waals surface area contributed by atoms with Crippen LogP contribution in [0.15, 0.2) is 12.2 Å². The Hall–Kier alpha value is -1.89. The molecule has 0 fully saturated rings. The van der Waals surface area contributed by atoms with Crippen LogP contribution in [0.2, 0.25) is 0 Å². The van der Waals surface area contributed by atoms with Gasteiger partial charge in [-0.15, -0.1) is 0 Å². The molecule has 2 N–H and O–H groups in total. The standard InChI is InChI=1S/C38H71NO6/c1-5-9-10-11-12-13-14-15-16-17-18-19-20-21-22-23-24-25-26-27-28-29-39(30-33(6-2)36(40)41,31-34(7-3)37(42)43)32-35(8-4)38(44)45/h26-27,33-35H,5-25,28-32H2,1-4H3,(H2-,40,41,42,43,44,45)/b27-26+. The first-order valence-corrected chi connectivity index (χ1v) is 18.8. The molecule has 0 aliphatic heterocycles. The van der Waals surface area contributed by atoms with E-state index in [1.54, 1.807) is 6.92 Å². The van der Waals surface area contributed by atoms with Crippen molar-refractivity contribution < 1.29 is 34.2 Å². The van der Waals surface area contributed by atoms with Crippen LogP contribution in [0.1, 0.15) is 169 Å². The van der Waals surface area contributed by atoms with Crippen molar-refractivity contribution in [3.8, 4) is 0 Å². The molecular weight excluding hydrogens is 566 g/mol. The molecular formula is C38H71NO6. The van der Waals surface area contributed by atoms with Crippen molar-refractivity contribution in [1.82, 2.24) is 0 Å². The molecule has 0 rings (SSSR count). The molecule has 0 saturated carbocycles. The van der Waals surface area contributed by atoms with Crippen LogP contribution in [-0.4, -0.2) is 58.8 Å². The number of hydrogen-bond acceptors (Lipinski definition) is 4. The normalized spacial score (nSPS) is 15.1. The van der Waals surface area contributed by atoms with E-state index >= 15 is 0 Å². The summed E-state index contributed by atoms with van der Waals surface area (Å²) in [5.41, 5.74) is 0. The van der Waals surface area contributed by atoms with Gasteiger partial charge in [-0.2, -0.15) is 0 Å². The van der Waals surface area contributed by atoms with Gasteiger partial charge in [0.1, 0.15) is 11.8 Å². The minimum Gasteiger partial charge on any atom is -0.550 e. The maximum Gasteiger partial charge on any atom is 0.312 e. The fourth-order valence-electron chi connectivity index (χ4n) is 6.61. The number of rotatable bonds is 33. The molecule has 0 radical (unpaired) electrons. The first-order chi connectivity index (χ1) is 21.7. The summed E-state index contributed by atoms with van der Waals surface area (Å²) in [6.07, 6.45) is 30.2. The highest BCUT2D eigenvalue weighted by atomic mass is 16.4. The number of unbranched alkanes of at least 4 members (excludes halogenated alkanes) is 17. The Kier molecular flexibility index (Phi) is 27.2. The average molecular weight is 638 g/mol. The van der Waals surface area contributed by atoms with Gasteiger partial charge in [-0.25, -0.2) is 0 Å². The molecule has 0 spiro atoms. The fraction of sp³-hybridized carbons (Fsp3) is 0.868. The third kappa shape index (κ3) is 22.3. The maximum absolute atomic E-state index is 12.0. The molecule has 264 valence electrons. The topological polar surface area (TPSA) is 115 Å². The lowest BCUT2D eigenvalue weighted by Gasteiger charge is -2.44. The van der Waals surface area contributed by atoms with Crippen molar-refractivity contribution >= 4 is 17.9 Å². The molecule has 0 saturated heterocycles. The molecule has 7 heteroatoms. The molecule has 0 aliphatic rings. The second-order valence-corrected chi connectivity index (χ2v) is 13.6. The number of hydrogen-bond donors (Lipinski definition) is 2. The first kappa shape index (κ1) is 43.1. The Labute approximate surface area is 276 Å². The Morgan fingerprint density at radius 2 is 0.867 bits per heavy atom. The van der Waals surface area contributed by atoms with Gasteiger partial charge in [0.25, 0.3) is 0 Å². The zero-order valence-corrected chi connectivity index (χ0v) is 29.7. The summed E-state index contributed by atoms with van der Waals surface area (Å²) in [4.78, 5) is 35.8. The smallest absolute Gasteiger partial charge is 0.312 e. The van der Waals surface area contributed by atoms with E-state index in [4.69, 9.17) is 0 Å². The van der Waals surface area contributed by atoms with Crippen molar-refractivity contribution in [3.63, 3.8) is 0 Å². The fourth-order valence-corrected chi connectivity index (χ4v) is 6.61. The molecule has 0 aromatic rings. The molecule has 0 bridgehead atoms. The van der Waals surface area contributed by atoms with E-state index in [0.717, 1.165) is 12.8 Å². The largest absolute Gasteiger partial charge is 0.550 e. The highest BCUT2D eigenvalue weighted by Crippen LogP contribution is 2.24. The van der Waals surface area contributed by atoms with E-state index in [2.05, 4.69) is 19.1 Å². The van der Waals surface area contributed by atoms with Crippen LogP contribution in [0, 0.1) is 17.8 Å². The lowest BCUT2D eigenvalue weighted by atomic mass is 9.96. The van der Waals surface area contributed by atoms with Crippen LogP contribution in [0.25, 0.3) is 0 Å². The summed E-state index contributed by atoms with van der Waals surface area (Å²) >= 11 is 0. The number of carbonyl (C=O) groups excluding carboxylic acids is 1. The van der Waals surface area contributed by atoms with E-state index in [0.29, 0.717) is 32.2 Å². The van der Waals surface area contributed by atoms with Gasteiger partial charge < -0.3 is 24.6 Å². The summed E-state index contributed by atoms with van der Waals surface area (Å²) in [7, 11) is 0. The monoisotopic (exact) mass is 638 g/mol. The lowest BCUT2D eigenvalue weighted by molar-refractivity contribution is -0.934. The van der Waals surface area contributed by atoms with Crippen LogP contribution in [0.4, 0.5) is 0 Å². The number of carbonyl (C=O) groups is 3.